The SMILES string of the molecule is CCCC(=O)N[C@H]1C(O)O[C@H](COC(=O)[C@@H](N)Cc2ccccc2)[C@@H](O)[C@@H]1O. The Bertz CT molecular complexity index is 642. The fourth-order valence-electron chi connectivity index (χ4n) is 2.95. The van der Waals surface area contributed by atoms with Gasteiger partial charge in [-0.1, -0.05) is 37.3 Å². The molecule has 0 bridgehead atoms. The van der Waals surface area contributed by atoms with Crippen molar-refractivity contribution in [3.8, 4) is 0 Å². The second kappa shape index (κ2) is 10.5. The van der Waals surface area contributed by atoms with Crippen molar-refractivity contribution in [1.29, 1.82) is 0 Å². The lowest BCUT2D eigenvalue weighted by atomic mass is 9.97. The molecule has 1 aliphatic rings. The third-order valence-electron chi connectivity index (χ3n) is 4.52. The van der Waals surface area contributed by atoms with Crippen LogP contribution in [0.4, 0.5) is 0 Å². The van der Waals surface area contributed by atoms with E-state index in [-0.39, 0.29) is 18.7 Å². The Balaban J connectivity index is 1.85. The van der Waals surface area contributed by atoms with Gasteiger partial charge in [0.25, 0.3) is 0 Å². The zero-order valence-electron chi connectivity index (χ0n) is 15.7. The van der Waals surface area contributed by atoms with Crippen LogP contribution in [0, 0.1) is 0 Å². The van der Waals surface area contributed by atoms with Crippen LogP contribution in [0.3, 0.4) is 0 Å². The first-order valence-electron chi connectivity index (χ1n) is 9.28. The summed E-state index contributed by atoms with van der Waals surface area (Å²) in [5, 5.41) is 32.9. The normalized spacial score (nSPS) is 28.4. The summed E-state index contributed by atoms with van der Waals surface area (Å²) in [7, 11) is 0. The van der Waals surface area contributed by atoms with Crippen molar-refractivity contribution in [3.05, 3.63) is 35.9 Å². The van der Waals surface area contributed by atoms with Crippen molar-refractivity contribution in [2.75, 3.05) is 6.61 Å². The molecular weight excluding hydrogens is 368 g/mol. The maximum absolute atomic E-state index is 12.1. The molecular formula is C19H28N2O7. The van der Waals surface area contributed by atoms with Gasteiger partial charge in [0.2, 0.25) is 5.91 Å². The largest absolute Gasteiger partial charge is 0.462 e. The first kappa shape index (κ1) is 22.3. The van der Waals surface area contributed by atoms with Gasteiger partial charge in [0.05, 0.1) is 0 Å². The number of aliphatic hydroxyl groups is 3. The molecule has 1 unspecified atom stereocenters. The summed E-state index contributed by atoms with van der Waals surface area (Å²) >= 11 is 0. The number of nitrogens with two attached hydrogens (primary N) is 1. The highest BCUT2D eigenvalue weighted by Gasteiger charge is 2.45. The van der Waals surface area contributed by atoms with Crippen LogP contribution in [0.2, 0.25) is 0 Å². The summed E-state index contributed by atoms with van der Waals surface area (Å²) < 4.78 is 10.3. The van der Waals surface area contributed by atoms with Crippen LogP contribution >= 0.6 is 0 Å². The minimum absolute atomic E-state index is 0.215. The summed E-state index contributed by atoms with van der Waals surface area (Å²) in [6.45, 7) is 1.41. The highest BCUT2D eigenvalue weighted by Crippen LogP contribution is 2.20. The van der Waals surface area contributed by atoms with Gasteiger partial charge in [-0.3, -0.25) is 9.59 Å². The van der Waals surface area contributed by atoms with Crippen LogP contribution in [0.15, 0.2) is 30.3 Å². The Morgan fingerprint density at radius 1 is 1.21 bits per heavy atom. The Morgan fingerprint density at radius 3 is 2.54 bits per heavy atom. The molecule has 28 heavy (non-hydrogen) atoms. The Labute approximate surface area is 163 Å². The molecule has 6 N–H and O–H groups in total. The summed E-state index contributed by atoms with van der Waals surface area (Å²) in [6, 6.07) is 7.10. The number of hydrogen-bond acceptors (Lipinski definition) is 8. The van der Waals surface area contributed by atoms with Crippen molar-refractivity contribution in [2.45, 2.75) is 62.9 Å². The van der Waals surface area contributed by atoms with Gasteiger partial charge in [-0.25, -0.2) is 0 Å². The van der Waals surface area contributed by atoms with Gasteiger partial charge < -0.3 is 35.8 Å². The number of carbonyl (C=O) groups is 2. The number of rotatable bonds is 8. The highest BCUT2D eigenvalue weighted by molar-refractivity contribution is 5.76. The van der Waals surface area contributed by atoms with E-state index in [9.17, 15) is 24.9 Å². The number of ether oxygens (including phenoxy) is 2. The predicted molar refractivity (Wildman–Crippen MR) is 98.8 cm³/mol. The fourth-order valence-corrected chi connectivity index (χ4v) is 2.95. The van der Waals surface area contributed by atoms with E-state index in [1.165, 1.54) is 0 Å². The lowest BCUT2D eigenvalue weighted by Crippen LogP contribution is -2.64. The third kappa shape index (κ3) is 5.98. The molecule has 156 valence electrons. The molecule has 1 amide bonds. The maximum Gasteiger partial charge on any atom is 0.323 e. The van der Waals surface area contributed by atoms with Crippen molar-refractivity contribution in [1.82, 2.24) is 5.32 Å². The molecule has 1 aromatic carbocycles. The van der Waals surface area contributed by atoms with Crippen molar-refractivity contribution in [3.63, 3.8) is 0 Å². The molecule has 0 aliphatic carbocycles. The van der Waals surface area contributed by atoms with Gasteiger partial charge in [0, 0.05) is 6.42 Å². The van der Waals surface area contributed by atoms with Crippen molar-refractivity contribution < 1.29 is 34.4 Å². The molecule has 0 radical (unpaired) electrons. The molecule has 1 aromatic rings. The van der Waals surface area contributed by atoms with E-state index in [1.807, 2.05) is 37.3 Å². The fraction of sp³-hybridized carbons (Fsp3) is 0.579. The Kier molecular flexibility index (Phi) is 8.34. The molecule has 9 nitrogen and oxygen atoms in total. The van der Waals surface area contributed by atoms with Gasteiger partial charge in [-0.15, -0.1) is 0 Å². The highest BCUT2D eigenvalue weighted by atomic mass is 16.6. The Morgan fingerprint density at radius 2 is 1.89 bits per heavy atom. The van der Waals surface area contributed by atoms with E-state index in [2.05, 4.69) is 5.32 Å². The van der Waals surface area contributed by atoms with Crippen LogP contribution in [-0.2, 0) is 25.5 Å². The molecule has 1 saturated heterocycles. The molecule has 6 atom stereocenters. The summed E-state index contributed by atoms with van der Waals surface area (Å²) in [4.78, 5) is 23.8. The van der Waals surface area contributed by atoms with Crippen LogP contribution < -0.4 is 11.1 Å². The zero-order valence-corrected chi connectivity index (χ0v) is 15.7. The monoisotopic (exact) mass is 396 g/mol. The molecule has 0 saturated carbocycles. The smallest absolute Gasteiger partial charge is 0.323 e. The number of aliphatic hydroxyl groups excluding tert-OH is 3. The Hall–Kier alpha value is -2.04. The van der Waals surface area contributed by atoms with E-state index >= 15 is 0 Å². The number of amides is 1. The van der Waals surface area contributed by atoms with E-state index < -0.39 is 49.3 Å². The number of hydrogen-bond donors (Lipinski definition) is 5. The van der Waals surface area contributed by atoms with Gasteiger partial charge in [-0.05, 0) is 18.4 Å². The molecule has 0 spiro atoms. The van der Waals surface area contributed by atoms with E-state index in [0.717, 1.165) is 5.56 Å². The van der Waals surface area contributed by atoms with Crippen molar-refractivity contribution in [2.24, 2.45) is 5.73 Å². The van der Waals surface area contributed by atoms with E-state index in [4.69, 9.17) is 15.2 Å². The average Bonchev–Trinajstić information content (AvgIpc) is 2.67. The van der Waals surface area contributed by atoms with Crippen LogP contribution in [0.1, 0.15) is 25.3 Å². The van der Waals surface area contributed by atoms with Gasteiger partial charge in [-0.2, -0.15) is 0 Å². The summed E-state index contributed by atoms with van der Waals surface area (Å²) in [5.41, 5.74) is 6.71. The number of carbonyl (C=O) groups excluding carboxylic acids is 2. The lowest BCUT2D eigenvalue weighted by Gasteiger charge is -2.40. The standard InChI is InChI=1S/C19H28N2O7/c1-2-6-14(22)21-15-17(24)16(23)13(28-19(15)26)10-27-18(25)12(20)9-11-7-4-3-5-8-11/h3-5,7-8,12-13,15-17,19,23-24,26H,2,6,9-10,20H2,1H3,(H,21,22)/t12-,13+,15+,16+,17+,19?/m0/s1. The van der Waals surface area contributed by atoms with Crippen LogP contribution in [0.25, 0.3) is 0 Å². The first-order chi connectivity index (χ1) is 13.3. The molecule has 1 aliphatic heterocycles. The van der Waals surface area contributed by atoms with Crippen molar-refractivity contribution >= 4 is 11.9 Å². The molecule has 1 fully saturated rings. The van der Waals surface area contributed by atoms with E-state index in [0.29, 0.717) is 6.42 Å². The first-order valence-corrected chi connectivity index (χ1v) is 9.28. The summed E-state index contributed by atoms with van der Waals surface area (Å²) in [5.74, 6) is -1.07. The zero-order chi connectivity index (χ0) is 20.7. The molecule has 2 rings (SSSR count). The number of benzene rings is 1. The topological polar surface area (TPSA) is 151 Å². The number of nitrogens with one attached hydrogen (secondary N) is 1. The quantitative estimate of drug-likeness (QED) is 0.345. The van der Waals surface area contributed by atoms with E-state index in [1.54, 1.807) is 0 Å². The van der Waals surface area contributed by atoms with Gasteiger partial charge in [0.1, 0.15) is 37.0 Å². The molecule has 0 aromatic heterocycles. The van der Waals surface area contributed by atoms with Crippen LogP contribution in [0.5, 0.6) is 0 Å². The predicted octanol–water partition coefficient (Wildman–Crippen LogP) is -1.18. The minimum atomic E-state index is -1.55. The average molecular weight is 396 g/mol. The third-order valence-corrected chi connectivity index (χ3v) is 4.52. The number of esters is 1. The second-order valence-corrected chi connectivity index (χ2v) is 6.82. The maximum atomic E-state index is 12.1. The van der Waals surface area contributed by atoms with Gasteiger partial charge >= 0.3 is 5.97 Å². The summed E-state index contributed by atoms with van der Waals surface area (Å²) in [6.07, 6.45) is -4.56. The molecule has 1 heterocycles. The van der Waals surface area contributed by atoms with Crippen LogP contribution in [-0.4, -0.2) is 70.5 Å². The minimum Gasteiger partial charge on any atom is -0.462 e. The van der Waals surface area contributed by atoms with Gasteiger partial charge in [0.15, 0.2) is 6.29 Å². The molecule has 9 heteroatoms. The lowest BCUT2D eigenvalue weighted by molar-refractivity contribution is -0.255. The second-order valence-electron chi connectivity index (χ2n) is 6.82.